The molecule has 1 aliphatic rings. The van der Waals surface area contributed by atoms with Gasteiger partial charge in [-0.05, 0) is 68.0 Å². The SMILES string of the molecule is COc1ccc(CCC2CCCCN2C(=O)Nc2cccc(C#N)c2)cc1OC. The van der Waals surface area contributed by atoms with Crippen LogP contribution in [0.2, 0.25) is 0 Å². The summed E-state index contributed by atoms with van der Waals surface area (Å²) in [5, 5.41) is 12.0. The highest BCUT2D eigenvalue weighted by Gasteiger charge is 2.26. The molecule has 1 saturated heterocycles. The summed E-state index contributed by atoms with van der Waals surface area (Å²) in [6.45, 7) is 0.750. The van der Waals surface area contributed by atoms with E-state index in [1.165, 1.54) is 0 Å². The van der Waals surface area contributed by atoms with Gasteiger partial charge in [0.05, 0.1) is 25.9 Å². The third kappa shape index (κ3) is 5.20. The van der Waals surface area contributed by atoms with Crippen LogP contribution >= 0.6 is 0 Å². The number of nitriles is 1. The van der Waals surface area contributed by atoms with Crippen molar-refractivity contribution in [2.24, 2.45) is 0 Å². The van der Waals surface area contributed by atoms with Gasteiger partial charge in [-0.1, -0.05) is 12.1 Å². The predicted octanol–water partition coefficient (Wildman–Crippen LogP) is 4.59. The lowest BCUT2D eigenvalue weighted by molar-refractivity contribution is 0.158. The van der Waals surface area contributed by atoms with Gasteiger partial charge in [0.15, 0.2) is 11.5 Å². The molecule has 2 aromatic rings. The zero-order valence-corrected chi connectivity index (χ0v) is 17.0. The first-order valence-electron chi connectivity index (χ1n) is 9.93. The van der Waals surface area contributed by atoms with Gasteiger partial charge in [0.25, 0.3) is 0 Å². The molecular formula is C23H27N3O3. The molecule has 1 unspecified atom stereocenters. The number of anilines is 1. The summed E-state index contributed by atoms with van der Waals surface area (Å²) in [6, 6.07) is 15.2. The largest absolute Gasteiger partial charge is 0.493 e. The highest BCUT2D eigenvalue weighted by Crippen LogP contribution is 2.29. The maximum absolute atomic E-state index is 12.9. The fraction of sp³-hybridized carbons (Fsp3) is 0.391. The molecule has 6 heteroatoms. The number of ether oxygens (including phenoxy) is 2. The molecule has 0 aliphatic carbocycles. The van der Waals surface area contributed by atoms with Crippen molar-refractivity contribution >= 4 is 11.7 Å². The molecule has 29 heavy (non-hydrogen) atoms. The average molecular weight is 393 g/mol. The number of nitrogens with zero attached hydrogens (tertiary/aromatic N) is 2. The number of amides is 2. The molecule has 152 valence electrons. The quantitative estimate of drug-likeness (QED) is 0.779. The number of methoxy groups -OCH3 is 2. The number of carbonyl (C=O) groups is 1. The van der Waals surface area contributed by atoms with Gasteiger partial charge in [-0.2, -0.15) is 5.26 Å². The van der Waals surface area contributed by atoms with E-state index in [2.05, 4.69) is 11.4 Å². The maximum Gasteiger partial charge on any atom is 0.322 e. The fourth-order valence-corrected chi connectivity index (χ4v) is 3.80. The molecular weight excluding hydrogens is 366 g/mol. The molecule has 0 bridgehead atoms. The molecule has 0 aromatic heterocycles. The zero-order chi connectivity index (χ0) is 20.6. The summed E-state index contributed by atoms with van der Waals surface area (Å²) >= 11 is 0. The van der Waals surface area contributed by atoms with Crippen molar-refractivity contribution in [3.63, 3.8) is 0 Å². The second-order valence-electron chi connectivity index (χ2n) is 7.19. The smallest absolute Gasteiger partial charge is 0.322 e. The Hall–Kier alpha value is -3.20. The first-order chi connectivity index (χ1) is 14.1. The second-order valence-corrected chi connectivity index (χ2v) is 7.19. The lowest BCUT2D eigenvalue weighted by Gasteiger charge is -2.36. The van der Waals surface area contributed by atoms with Crippen molar-refractivity contribution in [2.75, 3.05) is 26.1 Å². The number of benzene rings is 2. The number of nitrogens with one attached hydrogen (secondary N) is 1. The Morgan fingerprint density at radius 3 is 2.76 bits per heavy atom. The molecule has 1 fully saturated rings. The summed E-state index contributed by atoms with van der Waals surface area (Å²) in [5.74, 6) is 1.44. The Labute approximate surface area is 172 Å². The maximum atomic E-state index is 12.9. The Balaban J connectivity index is 1.65. The van der Waals surface area contributed by atoms with E-state index in [-0.39, 0.29) is 12.1 Å². The lowest BCUT2D eigenvalue weighted by atomic mass is 9.96. The molecule has 0 saturated carbocycles. The van der Waals surface area contributed by atoms with Crippen LogP contribution in [-0.2, 0) is 6.42 Å². The third-order valence-electron chi connectivity index (χ3n) is 5.35. The monoisotopic (exact) mass is 393 g/mol. The van der Waals surface area contributed by atoms with Crippen LogP contribution in [0.15, 0.2) is 42.5 Å². The van der Waals surface area contributed by atoms with Crippen molar-refractivity contribution < 1.29 is 14.3 Å². The summed E-state index contributed by atoms with van der Waals surface area (Å²) in [5.41, 5.74) is 2.35. The summed E-state index contributed by atoms with van der Waals surface area (Å²) in [7, 11) is 3.26. The number of piperidine rings is 1. The topological polar surface area (TPSA) is 74.6 Å². The minimum Gasteiger partial charge on any atom is -0.493 e. The van der Waals surface area contributed by atoms with Gasteiger partial charge in [-0.25, -0.2) is 4.79 Å². The lowest BCUT2D eigenvalue weighted by Crippen LogP contribution is -2.46. The zero-order valence-electron chi connectivity index (χ0n) is 17.0. The first-order valence-corrected chi connectivity index (χ1v) is 9.93. The predicted molar refractivity (Wildman–Crippen MR) is 112 cm³/mol. The Morgan fingerprint density at radius 1 is 1.17 bits per heavy atom. The minimum absolute atomic E-state index is 0.0999. The second kappa shape index (κ2) is 9.83. The van der Waals surface area contributed by atoms with Crippen molar-refractivity contribution in [3.05, 3.63) is 53.6 Å². The first kappa shape index (κ1) is 20.5. The van der Waals surface area contributed by atoms with Gasteiger partial charge in [0, 0.05) is 18.3 Å². The number of rotatable bonds is 6. The summed E-state index contributed by atoms with van der Waals surface area (Å²) in [4.78, 5) is 14.8. The van der Waals surface area contributed by atoms with Crippen molar-refractivity contribution in [2.45, 2.75) is 38.1 Å². The fourth-order valence-electron chi connectivity index (χ4n) is 3.80. The summed E-state index contributed by atoms with van der Waals surface area (Å²) < 4.78 is 10.7. The van der Waals surface area contributed by atoms with Crippen LogP contribution in [0, 0.1) is 11.3 Å². The Bertz CT molecular complexity index is 891. The van der Waals surface area contributed by atoms with Gasteiger partial charge in [0.2, 0.25) is 0 Å². The van der Waals surface area contributed by atoms with E-state index in [0.717, 1.165) is 55.7 Å². The van der Waals surface area contributed by atoms with E-state index in [1.807, 2.05) is 23.1 Å². The highest BCUT2D eigenvalue weighted by molar-refractivity contribution is 5.89. The average Bonchev–Trinajstić information content (AvgIpc) is 2.77. The molecule has 1 aliphatic heterocycles. The molecule has 1 N–H and O–H groups in total. The summed E-state index contributed by atoms with van der Waals surface area (Å²) in [6.07, 6.45) is 4.89. The van der Waals surface area contributed by atoms with E-state index >= 15 is 0 Å². The molecule has 1 atom stereocenters. The molecule has 3 rings (SSSR count). The minimum atomic E-state index is -0.0999. The molecule has 1 heterocycles. The Morgan fingerprint density at radius 2 is 2.00 bits per heavy atom. The van der Waals surface area contributed by atoms with Gasteiger partial charge in [-0.3, -0.25) is 0 Å². The van der Waals surface area contributed by atoms with Gasteiger partial charge in [-0.15, -0.1) is 0 Å². The van der Waals surface area contributed by atoms with E-state index in [9.17, 15) is 4.79 Å². The van der Waals surface area contributed by atoms with Crippen LogP contribution in [0.1, 0.15) is 36.8 Å². The molecule has 0 spiro atoms. The van der Waals surface area contributed by atoms with Crippen molar-refractivity contribution in [3.8, 4) is 17.6 Å². The van der Waals surface area contributed by atoms with E-state index in [0.29, 0.717) is 11.3 Å². The van der Waals surface area contributed by atoms with Crippen molar-refractivity contribution in [1.82, 2.24) is 4.90 Å². The normalized spacial score (nSPS) is 16.0. The van der Waals surface area contributed by atoms with Gasteiger partial charge in [0.1, 0.15) is 0 Å². The third-order valence-corrected chi connectivity index (χ3v) is 5.35. The standard InChI is InChI=1S/C23H27N3O3/c1-28-21-12-10-17(15-22(21)29-2)9-11-20-8-3-4-13-26(20)23(27)25-19-7-5-6-18(14-19)16-24/h5-7,10,12,14-15,20H,3-4,8-9,11,13H2,1-2H3,(H,25,27). The molecule has 2 aromatic carbocycles. The number of hydrogen-bond acceptors (Lipinski definition) is 4. The van der Waals surface area contributed by atoms with Crippen LogP contribution in [0.25, 0.3) is 0 Å². The number of aryl methyl sites for hydroxylation is 1. The van der Waals surface area contributed by atoms with E-state index < -0.39 is 0 Å². The van der Waals surface area contributed by atoms with Crippen LogP contribution in [0.3, 0.4) is 0 Å². The van der Waals surface area contributed by atoms with Gasteiger partial charge < -0.3 is 19.7 Å². The number of urea groups is 1. The number of hydrogen-bond donors (Lipinski definition) is 1. The number of carbonyl (C=O) groups excluding carboxylic acids is 1. The molecule has 0 radical (unpaired) electrons. The van der Waals surface area contributed by atoms with E-state index in [1.54, 1.807) is 38.5 Å². The molecule has 6 nitrogen and oxygen atoms in total. The molecule has 2 amide bonds. The van der Waals surface area contributed by atoms with Crippen LogP contribution in [0.4, 0.5) is 10.5 Å². The highest BCUT2D eigenvalue weighted by atomic mass is 16.5. The Kier molecular flexibility index (Phi) is 6.96. The van der Waals surface area contributed by atoms with Crippen molar-refractivity contribution in [1.29, 1.82) is 5.26 Å². The van der Waals surface area contributed by atoms with E-state index in [4.69, 9.17) is 14.7 Å². The van der Waals surface area contributed by atoms with Crippen LogP contribution in [0.5, 0.6) is 11.5 Å². The number of likely N-dealkylation sites (tertiary alicyclic amines) is 1. The van der Waals surface area contributed by atoms with Gasteiger partial charge >= 0.3 is 6.03 Å². The van der Waals surface area contributed by atoms with Crippen LogP contribution < -0.4 is 14.8 Å². The van der Waals surface area contributed by atoms with Crippen LogP contribution in [-0.4, -0.2) is 37.7 Å².